The van der Waals surface area contributed by atoms with E-state index in [9.17, 15) is 0 Å². The summed E-state index contributed by atoms with van der Waals surface area (Å²) < 4.78 is 8.02. The minimum absolute atomic E-state index is 0.0811. The molecule has 0 radical (unpaired) electrons. The topological polar surface area (TPSA) is 34.2 Å². The summed E-state index contributed by atoms with van der Waals surface area (Å²) in [7, 11) is 1.96. The van der Waals surface area contributed by atoms with Crippen LogP contribution in [0.25, 0.3) is 0 Å². The Balaban J connectivity index is 2.39. The normalized spacial score (nSPS) is 12.5. The molecule has 0 saturated heterocycles. The lowest BCUT2D eigenvalue weighted by atomic mass is 10.0. The first-order valence-corrected chi connectivity index (χ1v) is 8.62. The van der Waals surface area contributed by atoms with E-state index in [0.29, 0.717) is 0 Å². The quantitative estimate of drug-likeness (QED) is 0.665. The van der Waals surface area contributed by atoms with Gasteiger partial charge in [0.25, 0.3) is 0 Å². The minimum Gasteiger partial charge on any atom is -0.489 e. The third-order valence-corrected chi connectivity index (χ3v) is 4.47. The van der Waals surface area contributed by atoms with Crippen LogP contribution in [0.3, 0.4) is 0 Å². The van der Waals surface area contributed by atoms with Crippen LogP contribution in [0, 0.1) is 3.57 Å². The van der Waals surface area contributed by atoms with E-state index in [4.69, 9.17) is 4.74 Å². The summed E-state index contributed by atoms with van der Waals surface area (Å²) in [5, 5.41) is 3.36. The number of nitrogens with one attached hydrogen (secondary N) is 1. The predicted octanol–water partition coefficient (Wildman–Crippen LogP) is 4.54. The molecule has 112 valence electrons. The fourth-order valence-corrected chi connectivity index (χ4v) is 3.19. The van der Waals surface area contributed by atoms with Gasteiger partial charge in [0.15, 0.2) is 0 Å². The number of rotatable bonds is 5. The van der Waals surface area contributed by atoms with Crippen LogP contribution < -0.4 is 10.1 Å². The van der Waals surface area contributed by atoms with Crippen LogP contribution in [0.1, 0.15) is 31.0 Å². The number of halogens is 2. The molecule has 0 spiro atoms. The van der Waals surface area contributed by atoms with Crippen LogP contribution in [0.4, 0.5) is 0 Å². The number of nitrogens with zero attached hydrogens (tertiary/aromatic N) is 1. The SMILES string of the molecule is CNC(c1cncc(OC(C)C)c1)c1cc(Br)ccc1I. The van der Waals surface area contributed by atoms with Crippen molar-refractivity contribution in [3.05, 3.63) is 55.8 Å². The average molecular weight is 461 g/mol. The largest absolute Gasteiger partial charge is 0.489 e. The molecular weight excluding hydrogens is 443 g/mol. The van der Waals surface area contributed by atoms with Crippen molar-refractivity contribution in [3.63, 3.8) is 0 Å². The lowest BCUT2D eigenvalue weighted by molar-refractivity contribution is 0.241. The van der Waals surface area contributed by atoms with Gasteiger partial charge >= 0.3 is 0 Å². The highest BCUT2D eigenvalue weighted by Crippen LogP contribution is 2.29. The van der Waals surface area contributed by atoms with Gasteiger partial charge in [0.1, 0.15) is 5.75 Å². The molecular formula is C16H18BrIN2O. The van der Waals surface area contributed by atoms with Gasteiger partial charge in [-0.3, -0.25) is 4.98 Å². The number of pyridine rings is 1. The zero-order chi connectivity index (χ0) is 15.4. The molecule has 0 bridgehead atoms. The highest BCUT2D eigenvalue weighted by atomic mass is 127. The molecule has 0 saturated carbocycles. The molecule has 1 aromatic heterocycles. The van der Waals surface area contributed by atoms with Crippen molar-refractivity contribution in [1.29, 1.82) is 0 Å². The minimum atomic E-state index is 0.0811. The summed E-state index contributed by atoms with van der Waals surface area (Å²) in [6.07, 6.45) is 3.77. The van der Waals surface area contributed by atoms with E-state index < -0.39 is 0 Å². The Hall–Kier alpha value is -0.660. The van der Waals surface area contributed by atoms with Gasteiger partial charge in [-0.1, -0.05) is 15.9 Å². The first-order valence-electron chi connectivity index (χ1n) is 6.75. The van der Waals surface area contributed by atoms with Gasteiger partial charge in [0, 0.05) is 14.2 Å². The number of benzene rings is 1. The maximum Gasteiger partial charge on any atom is 0.138 e. The van der Waals surface area contributed by atoms with Gasteiger partial charge < -0.3 is 10.1 Å². The number of ether oxygens (including phenoxy) is 1. The zero-order valence-corrected chi connectivity index (χ0v) is 16.0. The summed E-state index contributed by atoms with van der Waals surface area (Å²) in [5.41, 5.74) is 2.31. The van der Waals surface area contributed by atoms with Gasteiger partial charge in [-0.25, -0.2) is 0 Å². The van der Waals surface area contributed by atoms with E-state index in [1.54, 1.807) is 6.20 Å². The lowest BCUT2D eigenvalue weighted by Crippen LogP contribution is -2.19. The van der Waals surface area contributed by atoms with E-state index in [0.717, 1.165) is 15.8 Å². The van der Waals surface area contributed by atoms with E-state index in [1.165, 1.54) is 9.13 Å². The Morgan fingerprint density at radius 2 is 2.00 bits per heavy atom. The molecule has 1 atom stereocenters. The number of hydrogen-bond donors (Lipinski definition) is 1. The molecule has 0 fully saturated rings. The molecule has 5 heteroatoms. The second-order valence-electron chi connectivity index (χ2n) is 5.01. The Labute approximate surface area is 147 Å². The Morgan fingerprint density at radius 3 is 2.67 bits per heavy atom. The van der Waals surface area contributed by atoms with Crippen molar-refractivity contribution in [2.75, 3.05) is 7.05 Å². The highest BCUT2D eigenvalue weighted by Gasteiger charge is 2.16. The molecule has 0 aliphatic carbocycles. The maximum atomic E-state index is 5.74. The maximum absolute atomic E-state index is 5.74. The summed E-state index contributed by atoms with van der Waals surface area (Å²) in [5.74, 6) is 0.799. The van der Waals surface area contributed by atoms with E-state index in [-0.39, 0.29) is 12.1 Å². The Bertz CT molecular complexity index is 619. The van der Waals surface area contributed by atoms with Gasteiger partial charge in [-0.15, -0.1) is 0 Å². The highest BCUT2D eigenvalue weighted by molar-refractivity contribution is 14.1. The fraction of sp³-hybridized carbons (Fsp3) is 0.312. The van der Waals surface area contributed by atoms with Gasteiger partial charge in [0.2, 0.25) is 0 Å². The van der Waals surface area contributed by atoms with Crippen LogP contribution in [-0.4, -0.2) is 18.1 Å². The first-order chi connectivity index (χ1) is 10.0. The van der Waals surface area contributed by atoms with Crippen LogP contribution in [0.5, 0.6) is 5.75 Å². The smallest absolute Gasteiger partial charge is 0.138 e. The van der Waals surface area contributed by atoms with Crippen molar-refractivity contribution in [2.24, 2.45) is 0 Å². The van der Waals surface area contributed by atoms with Crippen LogP contribution in [0.15, 0.2) is 41.1 Å². The molecule has 1 unspecified atom stereocenters. The third-order valence-electron chi connectivity index (χ3n) is 3.00. The molecule has 1 aromatic carbocycles. The standard InChI is InChI=1S/C16H18BrIN2O/c1-10(2)21-13-6-11(8-20-9-13)16(19-3)14-7-12(17)4-5-15(14)18/h4-10,16,19H,1-3H3. The number of aromatic nitrogens is 1. The van der Waals surface area contributed by atoms with E-state index in [2.05, 4.69) is 67.0 Å². The molecule has 0 amide bonds. The molecule has 21 heavy (non-hydrogen) atoms. The van der Waals surface area contributed by atoms with Crippen molar-refractivity contribution in [3.8, 4) is 5.75 Å². The molecule has 1 N–H and O–H groups in total. The second kappa shape index (κ2) is 7.56. The molecule has 2 rings (SSSR count). The van der Waals surface area contributed by atoms with E-state index >= 15 is 0 Å². The van der Waals surface area contributed by atoms with Crippen LogP contribution >= 0.6 is 38.5 Å². The van der Waals surface area contributed by atoms with Crippen LogP contribution in [0.2, 0.25) is 0 Å². The Morgan fingerprint density at radius 1 is 1.24 bits per heavy atom. The lowest BCUT2D eigenvalue weighted by Gasteiger charge is -2.20. The summed E-state index contributed by atoms with van der Waals surface area (Å²) in [4.78, 5) is 4.30. The molecule has 2 aromatic rings. The van der Waals surface area contributed by atoms with E-state index in [1.807, 2.05) is 33.2 Å². The third kappa shape index (κ3) is 4.40. The molecule has 3 nitrogen and oxygen atoms in total. The fourth-order valence-electron chi connectivity index (χ4n) is 2.17. The average Bonchev–Trinajstić information content (AvgIpc) is 2.43. The summed E-state index contributed by atoms with van der Waals surface area (Å²) in [6, 6.07) is 8.42. The van der Waals surface area contributed by atoms with Crippen molar-refractivity contribution in [1.82, 2.24) is 10.3 Å². The summed E-state index contributed by atoms with van der Waals surface area (Å²) >= 11 is 5.90. The van der Waals surface area contributed by atoms with Gasteiger partial charge in [0.05, 0.1) is 18.3 Å². The van der Waals surface area contributed by atoms with Crippen molar-refractivity contribution >= 4 is 38.5 Å². The Kier molecular flexibility index (Phi) is 6.01. The predicted molar refractivity (Wildman–Crippen MR) is 97.8 cm³/mol. The monoisotopic (exact) mass is 460 g/mol. The van der Waals surface area contributed by atoms with Crippen molar-refractivity contribution in [2.45, 2.75) is 26.0 Å². The zero-order valence-electron chi connectivity index (χ0n) is 12.2. The molecule has 0 aliphatic heterocycles. The van der Waals surface area contributed by atoms with Crippen molar-refractivity contribution < 1.29 is 4.74 Å². The van der Waals surface area contributed by atoms with Gasteiger partial charge in [-0.2, -0.15) is 0 Å². The summed E-state index contributed by atoms with van der Waals surface area (Å²) in [6.45, 7) is 4.03. The number of hydrogen-bond acceptors (Lipinski definition) is 3. The van der Waals surface area contributed by atoms with Gasteiger partial charge in [-0.05, 0) is 78.9 Å². The first kappa shape index (κ1) is 16.7. The molecule has 0 aliphatic rings. The van der Waals surface area contributed by atoms with Crippen LogP contribution in [-0.2, 0) is 0 Å². The molecule has 1 heterocycles. The second-order valence-corrected chi connectivity index (χ2v) is 7.09.